The van der Waals surface area contributed by atoms with Gasteiger partial charge >= 0.3 is 0 Å². The number of sulfone groups is 1. The summed E-state index contributed by atoms with van der Waals surface area (Å²) in [5.74, 6) is 3.80. The van der Waals surface area contributed by atoms with Crippen LogP contribution in [0.1, 0.15) is 19.3 Å². The first-order chi connectivity index (χ1) is 11.2. The van der Waals surface area contributed by atoms with Crippen LogP contribution in [0.25, 0.3) is 0 Å². The van der Waals surface area contributed by atoms with Crippen LogP contribution in [0.15, 0.2) is 58.5 Å². The minimum Gasteiger partial charge on any atom is -0.223 e. The molecule has 1 aromatic rings. The van der Waals surface area contributed by atoms with Crippen molar-refractivity contribution < 1.29 is 8.42 Å². The maximum Gasteiger partial charge on any atom is 0.181 e. The molecule has 0 aromatic heterocycles. The van der Waals surface area contributed by atoms with Gasteiger partial charge in [-0.05, 0) is 55.1 Å². The number of rotatable bonds is 2. The van der Waals surface area contributed by atoms with Crippen molar-refractivity contribution in [3.05, 3.63) is 53.6 Å². The number of hydrogen-bond acceptors (Lipinski definition) is 2. The first-order valence-corrected chi connectivity index (χ1v) is 10.4. The molecule has 0 saturated heterocycles. The van der Waals surface area contributed by atoms with Crippen molar-refractivity contribution in [2.45, 2.75) is 29.4 Å². The number of benzene rings is 1. The third-order valence-electron chi connectivity index (χ3n) is 7.20. The van der Waals surface area contributed by atoms with Gasteiger partial charge in [0.2, 0.25) is 0 Å². The molecule has 0 N–H and O–H groups in total. The average molecular weight is 324 g/mol. The molecule has 0 amide bonds. The second-order valence-corrected chi connectivity index (χ2v) is 10.2. The maximum absolute atomic E-state index is 13.2. The minimum absolute atomic E-state index is 0.182. The molecule has 23 heavy (non-hydrogen) atoms. The predicted molar refractivity (Wildman–Crippen MR) is 88.4 cm³/mol. The van der Waals surface area contributed by atoms with Crippen LogP contribution in [0.5, 0.6) is 0 Å². The lowest BCUT2D eigenvalue weighted by atomic mass is 9.67. The van der Waals surface area contributed by atoms with E-state index in [2.05, 4.69) is 12.2 Å². The van der Waals surface area contributed by atoms with E-state index in [1.165, 1.54) is 6.42 Å². The molecule has 3 heteroatoms. The normalized spacial score (nSPS) is 45.3. The highest BCUT2D eigenvalue weighted by Gasteiger charge is 2.63. The molecule has 2 fully saturated rings. The fraction of sp³-hybridized carbons (Fsp3) is 0.500. The van der Waals surface area contributed by atoms with Gasteiger partial charge in [0, 0.05) is 11.8 Å². The van der Waals surface area contributed by atoms with Crippen LogP contribution >= 0.6 is 0 Å². The third kappa shape index (κ3) is 1.48. The minimum atomic E-state index is -3.20. The molecule has 7 rings (SSSR count). The lowest BCUT2D eigenvalue weighted by Gasteiger charge is -2.40. The quantitative estimate of drug-likeness (QED) is 0.779. The van der Waals surface area contributed by atoms with Gasteiger partial charge in [-0.3, -0.25) is 0 Å². The molecular formula is C20H20O2S. The van der Waals surface area contributed by atoms with Crippen LogP contribution in [-0.2, 0) is 9.84 Å². The molecule has 0 radical (unpaired) electrons. The van der Waals surface area contributed by atoms with Crippen LogP contribution in [0.4, 0.5) is 0 Å². The molecule has 6 aliphatic rings. The Labute approximate surface area is 137 Å². The van der Waals surface area contributed by atoms with Crippen LogP contribution in [0.2, 0.25) is 0 Å². The predicted octanol–water partition coefficient (Wildman–Crippen LogP) is 3.62. The summed E-state index contributed by atoms with van der Waals surface area (Å²) in [6.07, 6.45) is 8.17. The molecule has 0 spiro atoms. The number of hydrogen-bond donors (Lipinski definition) is 0. The highest BCUT2D eigenvalue weighted by atomic mass is 32.2. The summed E-state index contributed by atoms with van der Waals surface area (Å²) in [5.41, 5.74) is 3.25. The Morgan fingerprint density at radius 1 is 0.826 bits per heavy atom. The zero-order valence-electron chi connectivity index (χ0n) is 12.9. The SMILES string of the molecule is O=S(=O)(c1ccccc1)[C@@H]1C[C@H]2C[C@H]1C1=C2[C@H]2C=C[C@H]1[C@@H]1C[C@H]12. The van der Waals surface area contributed by atoms with Crippen molar-refractivity contribution in [2.24, 2.45) is 35.5 Å². The topological polar surface area (TPSA) is 34.1 Å². The Bertz CT molecular complexity index is 864. The zero-order chi connectivity index (χ0) is 15.3. The van der Waals surface area contributed by atoms with Crippen LogP contribution in [-0.4, -0.2) is 13.7 Å². The molecule has 2 saturated carbocycles. The molecule has 2 nitrogen and oxygen atoms in total. The van der Waals surface area contributed by atoms with E-state index in [9.17, 15) is 8.42 Å². The Balaban J connectivity index is 1.43. The van der Waals surface area contributed by atoms with Gasteiger partial charge in [0.25, 0.3) is 0 Å². The van der Waals surface area contributed by atoms with Gasteiger partial charge < -0.3 is 0 Å². The van der Waals surface area contributed by atoms with Crippen molar-refractivity contribution in [2.75, 3.05) is 0 Å². The van der Waals surface area contributed by atoms with Crippen molar-refractivity contribution in [1.29, 1.82) is 0 Å². The summed E-state index contributed by atoms with van der Waals surface area (Å²) in [4.78, 5) is 0.514. The average Bonchev–Trinajstić information content (AvgIpc) is 3.18. The Kier molecular flexibility index (Phi) is 2.26. The largest absolute Gasteiger partial charge is 0.223 e. The van der Waals surface area contributed by atoms with Crippen molar-refractivity contribution in [3.8, 4) is 0 Å². The first kappa shape index (κ1) is 13.0. The van der Waals surface area contributed by atoms with Gasteiger partial charge in [-0.15, -0.1) is 0 Å². The molecule has 7 atom stereocenters. The number of allylic oxidation sites excluding steroid dienone is 4. The van der Waals surface area contributed by atoms with Gasteiger partial charge in [-0.25, -0.2) is 8.42 Å². The van der Waals surface area contributed by atoms with Gasteiger partial charge in [-0.2, -0.15) is 0 Å². The summed E-state index contributed by atoms with van der Waals surface area (Å²) in [6.45, 7) is 0. The van der Waals surface area contributed by atoms with E-state index in [1.54, 1.807) is 23.3 Å². The fourth-order valence-corrected chi connectivity index (χ4v) is 8.38. The van der Waals surface area contributed by atoms with Crippen molar-refractivity contribution in [1.82, 2.24) is 0 Å². The summed E-state index contributed by atoms with van der Waals surface area (Å²) < 4.78 is 26.3. The fourth-order valence-electron chi connectivity index (χ4n) is 6.32. The smallest absolute Gasteiger partial charge is 0.181 e. The molecule has 6 aliphatic carbocycles. The van der Waals surface area contributed by atoms with E-state index in [1.807, 2.05) is 18.2 Å². The van der Waals surface area contributed by atoms with Gasteiger partial charge in [0.15, 0.2) is 9.84 Å². The molecule has 4 bridgehead atoms. The molecule has 0 unspecified atom stereocenters. The van der Waals surface area contributed by atoms with E-state index in [-0.39, 0.29) is 5.25 Å². The number of fused-ring (bicyclic) bond motifs is 2. The molecule has 0 aliphatic heterocycles. The lowest BCUT2D eigenvalue weighted by molar-refractivity contribution is 0.397. The van der Waals surface area contributed by atoms with Crippen LogP contribution < -0.4 is 0 Å². The molecule has 118 valence electrons. The van der Waals surface area contributed by atoms with Gasteiger partial charge in [-0.1, -0.05) is 41.5 Å². The Morgan fingerprint density at radius 3 is 2.26 bits per heavy atom. The molecule has 0 heterocycles. The second kappa shape index (κ2) is 4.00. The Hall–Kier alpha value is -1.35. The summed E-state index contributed by atoms with van der Waals surface area (Å²) >= 11 is 0. The van der Waals surface area contributed by atoms with E-state index >= 15 is 0 Å². The third-order valence-corrected chi connectivity index (χ3v) is 9.45. The standard InChI is InChI=1S/C20H20O2S/c21-23(22,12-4-2-1-3-5-12)18-9-11-8-17(18)20-14-7-6-13(19(11)20)15-10-16(14)15/h1-7,11,13-18H,8-10H2/t11-,13+,14+,15+,16+,17-,18-/m1/s1. The molecule has 1 aromatic carbocycles. The van der Waals surface area contributed by atoms with Crippen LogP contribution in [0.3, 0.4) is 0 Å². The van der Waals surface area contributed by atoms with Crippen molar-refractivity contribution >= 4 is 9.84 Å². The monoisotopic (exact) mass is 324 g/mol. The maximum atomic E-state index is 13.2. The highest BCUT2D eigenvalue weighted by molar-refractivity contribution is 7.92. The van der Waals surface area contributed by atoms with Crippen LogP contribution in [0, 0.1) is 35.5 Å². The zero-order valence-corrected chi connectivity index (χ0v) is 13.7. The Morgan fingerprint density at radius 2 is 1.52 bits per heavy atom. The van der Waals surface area contributed by atoms with Gasteiger partial charge in [0.1, 0.15) is 0 Å². The van der Waals surface area contributed by atoms with Crippen molar-refractivity contribution in [3.63, 3.8) is 0 Å². The van der Waals surface area contributed by atoms with Gasteiger partial charge in [0.05, 0.1) is 10.1 Å². The van der Waals surface area contributed by atoms with E-state index < -0.39 is 9.84 Å². The summed E-state index contributed by atoms with van der Waals surface area (Å²) in [5, 5.41) is -0.182. The highest BCUT2D eigenvalue weighted by Crippen LogP contribution is 2.69. The molecular weight excluding hydrogens is 304 g/mol. The summed E-state index contributed by atoms with van der Waals surface area (Å²) in [7, 11) is -3.20. The summed E-state index contributed by atoms with van der Waals surface area (Å²) in [6, 6.07) is 9.09. The van der Waals surface area contributed by atoms with E-state index in [0.29, 0.717) is 28.6 Å². The van der Waals surface area contributed by atoms with E-state index in [0.717, 1.165) is 24.7 Å². The lowest BCUT2D eigenvalue weighted by Crippen LogP contribution is -2.36. The second-order valence-electron chi connectivity index (χ2n) is 8.08. The van der Waals surface area contributed by atoms with E-state index in [4.69, 9.17) is 0 Å². The first-order valence-electron chi connectivity index (χ1n) is 8.87.